The van der Waals surface area contributed by atoms with E-state index in [1.165, 1.54) is 11.1 Å². The zero-order chi connectivity index (χ0) is 16.6. The summed E-state index contributed by atoms with van der Waals surface area (Å²) in [6.07, 6.45) is -0.346. The van der Waals surface area contributed by atoms with Gasteiger partial charge in [0.2, 0.25) is 0 Å². The Morgan fingerprint density at radius 1 is 0.739 bits per heavy atom. The number of aliphatic hydroxyl groups excluding tert-OH is 1. The molecule has 0 aliphatic carbocycles. The minimum Gasteiger partial charge on any atom is -0.392 e. The van der Waals surface area contributed by atoms with Crippen LogP contribution < -0.4 is 5.32 Å². The first-order valence-electron chi connectivity index (χ1n) is 8.01. The summed E-state index contributed by atoms with van der Waals surface area (Å²) in [7, 11) is 0. The summed E-state index contributed by atoms with van der Waals surface area (Å²) in [5, 5.41) is 14.6. The van der Waals surface area contributed by atoms with Gasteiger partial charge in [-0.05, 0) is 24.3 Å². The normalized spacial score (nSPS) is 31.1. The molecule has 1 fully saturated rings. The van der Waals surface area contributed by atoms with Crippen LogP contribution in [0.15, 0.2) is 48.5 Å². The number of rotatable bonds is 2. The first-order chi connectivity index (χ1) is 11.0. The third-order valence-corrected chi connectivity index (χ3v) is 5.64. The van der Waals surface area contributed by atoms with Crippen molar-refractivity contribution >= 4 is 23.2 Å². The highest BCUT2D eigenvalue weighted by Gasteiger charge is 2.43. The van der Waals surface area contributed by atoms with Crippen molar-refractivity contribution in [2.24, 2.45) is 11.8 Å². The minimum absolute atomic E-state index is 0.176. The number of hydrogen-bond donors (Lipinski definition) is 2. The molecule has 0 radical (unpaired) electrons. The molecular weight excluding hydrogens is 329 g/mol. The first-order valence-corrected chi connectivity index (χ1v) is 8.77. The monoisotopic (exact) mass is 350 g/mol. The maximum Gasteiger partial charge on any atom is 0.117 e. The zero-order valence-electron chi connectivity index (χ0n) is 13.3. The molecule has 23 heavy (non-hydrogen) atoms. The van der Waals surface area contributed by atoms with Crippen molar-refractivity contribution in [1.29, 1.82) is 0 Å². The first kappa shape index (κ1) is 16.8. The molecule has 1 heterocycles. The molecule has 0 saturated carbocycles. The van der Waals surface area contributed by atoms with Crippen molar-refractivity contribution in [3.8, 4) is 0 Å². The van der Waals surface area contributed by atoms with E-state index in [-0.39, 0.29) is 30.0 Å². The van der Waals surface area contributed by atoms with Crippen LogP contribution in [0.25, 0.3) is 0 Å². The van der Waals surface area contributed by atoms with Crippen molar-refractivity contribution in [3.05, 3.63) is 69.7 Å². The Hall–Kier alpha value is -1.06. The van der Waals surface area contributed by atoms with Gasteiger partial charge in [-0.2, -0.15) is 0 Å². The van der Waals surface area contributed by atoms with E-state index in [2.05, 4.69) is 43.4 Å². The number of aliphatic hydroxyl groups is 1. The van der Waals surface area contributed by atoms with Gasteiger partial charge in [-0.25, -0.2) is 0 Å². The van der Waals surface area contributed by atoms with E-state index < -0.39 is 0 Å². The van der Waals surface area contributed by atoms with E-state index >= 15 is 0 Å². The number of piperidine rings is 1. The molecule has 4 atom stereocenters. The maximum absolute atomic E-state index is 10.7. The Morgan fingerprint density at radius 3 is 1.43 bits per heavy atom. The van der Waals surface area contributed by atoms with Crippen molar-refractivity contribution in [3.63, 3.8) is 0 Å². The van der Waals surface area contributed by atoms with Crippen LogP contribution in [-0.2, 0) is 0 Å². The molecule has 2 nitrogen and oxygen atoms in total. The standard InChI is InChI=1S/C19H21Cl2NO/c1-11-17(13-3-7-15(20)8-4-13)22-18(12(2)19(11)23)14-5-9-16(21)10-6-14/h3-12,17-19,22-23H,1-2H3/p+1/t11-,12-,17-,18-/m0/s1. The fourth-order valence-corrected chi connectivity index (χ4v) is 3.93. The molecule has 2 aromatic carbocycles. The summed E-state index contributed by atoms with van der Waals surface area (Å²) in [6, 6.07) is 16.3. The Bertz CT molecular complexity index is 599. The summed E-state index contributed by atoms with van der Waals surface area (Å²) in [5.74, 6) is 0.351. The third-order valence-electron chi connectivity index (χ3n) is 5.13. The fraction of sp³-hybridized carbons (Fsp3) is 0.368. The fourth-order valence-electron chi connectivity index (χ4n) is 3.68. The molecule has 3 N–H and O–H groups in total. The highest BCUT2D eigenvalue weighted by Crippen LogP contribution is 2.35. The molecule has 1 saturated heterocycles. The summed E-state index contributed by atoms with van der Waals surface area (Å²) in [6.45, 7) is 4.24. The van der Waals surface area contributed by atoms with Crippen LogP contribution in [0.1, 0.15) is 37.1 Å². The second kappa shape index (κ2) is 6.82. The molecule has 0 spiro atoms. The summed E-state index contributed by atoms with van der Waals surface area (Å²) < 4.78 is 0. The molecule has 0 aromatic heterocycles. The largest absolute Gasteiger partial charge is 0.392 e. The van der Waals surface area contributed by atoms with Gasteiger partial charge in [0.1, 0.15) is 12.1 Å². The van der Waals surface area contributed by atoms with E-state index in [0.717, 1.165) is 10.0 Å². The molecule has 4 heteroatoms. The molecule has 0 amide bonds. The van der Waals surface area contributed by atoms with Gasteiger partial charge in [0.05, 0.1) is 6.10 Å². The minimum atomic E-state index is -0.346. The molecule has 1 aliphatic rings. The van der Waals surface area contributed by atoms with E-state index in [0.29, 0.717) is 0 Å². The van der Waals surface area contributed by atoms with Gasteiger partial charge in [-0.15, -0.1) is 0 Å². The van der Waals surface area contributed by atoms with Crippen LogP contribution in [0.2, 0.25) is 10.0 Å². The molecule has 2 aromatic rings. The van der Waals surface area contributed by atoms with Crippen LogP contribution in [0.5, 0.6) is 0 Å². The predicted molar refractivity (Wildman–Crippen MR) is 94.6 cm³/mol. The van der Waals surface area contributed by atoms with Crippen LogP contribution in [0.3, 0.4) is 0 Å². The number of quaternary nitrogens is 1. The van der Waals surface area contributed by atoms with Gasteiger partial charge in [-0.1, -0.05) is 61.3 Å². The van der Waals surface area contributed by atoms with Gasteiger partial charge < -0.3 is 10.4 Å². The number of halogens is 2. The highest BCUT2D eigenvalue weighted by atomic mass is 35.5. The van der Waals surface area contributed by atoms with Crippen molar-refractivity contribution in [1.82, 2.24) is 0 Å². The Morgan fingerprint density at radius 2 is 1.09 bits per heavy atom. The summed E-state index contributed by atoms with van der Waals surface area (Å²) >= 11 is 12.0. The quantitative estimate of drug-likeness (QED) is 0.844. The van der Waals surface area contributed by atoms with E-state index in [9.17, 15) is 5.11 Å². The molecule has 1 aliphatic heterocycles. The molecule has 0 bridgehead atoms. The number of benzene rings is 2. The van der Waals surface area contributed by atoms with Crippen molar-refractivity contribution in [2.45, 2.75) is 32.0 Å². The maximum atomic E-state index is 10.7. The van der Waals surface area contributed by atoms with E-state index in [4.69, 9.17) is 23.2 Å². The molecule has 3 rings (SSSR count). The van der Waals surface area contributed by atoms with Gasteiger partial charge in [0.25, 0.3) is 0 Å². The SMILES string of the molecule is C[C@@H]1C(O)[C@@H](C)[C@@H](c2ccc(Cl)cc2)[NH2+][C@@H]1c1ccc(Cl)cc1. The van der Waals surface area contributed by atoms with Crippen LogP contribution in [0, 0.1) is 11.8 Å². The highest BCUT2D eigenvalue weighted by molar-refractivity contribution is 6.30. The predicted octanol–water partition coefficient (Wildman–Crippen LogP) is 3.99. The molecule has 0 unspecified atom stereocenters. The smallest absolute Gasteiger partial charge is 0.117 e. The van der Waals surface area contributed by atoms with Crippen LogP contribution in [0.4, 0.5) is 0 Å². The second-order valence-electron chi connectivity index (χ2n) is 6.56. The van der Waals surface area contributed by atoms with Crippen molar-refractivity contribution < 1.29 is 10.4 Å². The van der Waals surface area contributed by atoms with Crippen molar-refractivity contribution in [2.75, 3.05) is 0 Å². The summed E-state index contributed by atoms with van der Waals surface area (Å²) in [5.41, 5.74) is 2.40. The molecule has 122 valence electrons. The Kier molecular flexibility index (Phi) is 4.98. The van der Waals surface area contributed by atoms with Gasteiger partial charge in [-0.3, -0.25) is 0 Å². The van der Waals surface area contributed by atoms with E-state index in [1.54, 1.807) is 0 Å². The lowest BCUT2D eigenvalue weighted by atomic mass is 9.75. The number of hydrogen-bond acceptors (Lipinski definition) is 1. The molecular formula is C19H22Cl2NO+. The average molecular weight is 351 g/mol. The van der Waals surface area contributed by atoms with Gasteiger partial charge in [0.15, 0.2) is 0 Å². The zero-order valence-corrected chi connectivity index (χ0v) is 14.8. The number of nitrogens with two attached hydrogens (primary N) is 1. The van der Waals surface area contributed by atoms with Crippen LogP contribution in [-0.4, -0.2) is 11.2 Å². The average Bonchev–Trinajstić information content (AvgIpc) is 2.55. The Labute approximate surface area is 147 Å². The topological polar surface area (TPSA) is 36.8 Å². The lowest BCUT2D eigenvalue weighted by Crippen LogP contribution is -2.92. The van der Waals surface area contributed by atoms with Gasteiger partial charge >= 0.3 is 0 Å². The van der Waals surface area contributed by atoms with E-state index in [1.807, 2.05) is 24.3 Å². The van der Waals surface area contributed by atoms with Crippen LogP contribution >= 0.6 is 23.2 Å². The Balaban J connectivity index is 1.92. The van der Waals surface area contributed by atoms with Gasteiger partial charge in [0, 0.05) is 33.0 Å². The second-order valence-corrected chi connectivity index (χ2v) is 7.43. The lowest BCUT2D eigenvalue weighted by molar-refractivity contribution is -0.760. The third kappa shape index (κ3) is 3.41. The summed E-state index contributed by atoms with van der Waals surface area (Å²) in [4.78, 5) is 0. The lowest BCUT2D eigenvalue weighted by Gasteiger charge is -2.41.